The zero-order chi connectivity index (χ0) is 24.1. The first-order valence-electron chi connectivity index (χ1n) is 11.2. The number of nitrogens with zero attached hydrogens (tertiary/aromatic N) is 4. The van der Waals surface area contributed by atoms with Crippen LogP contribution in [0.25, 0.3) is 21.9 Å². The predicted octanol–water partition coefficient (Wildman–Crippen LogP) is 3.71. The minimum absolute atomic E-state index is 0.0360. The van der Waals surface area contributed by atoms with E-state index in [0.29, 0.717) is 52.8 Å². The van der Waals surface area contributed by atoms with E-state index in [1.165, 1.54) is 11.1 Å². The molecule has 2 aliphatic rings. The van der Waals surface area contributed by atoms with E-state index in [1.54, 1.807) is 18.3 Å². The Kier molecular flexibility index (Phi) is 5.40. The lowest BCUT2D eigenvalue weighted by atomic mass is 9.85. The van der Waals surface area contributed by atoms with Gasteiger partial charge in [0.15, 0.2) is 5.82 Å². The van der Waals surface area contributed by atoms with Gasteiger partial charge in [0, 0.05) is 47.5 Å². The lowest BCUT2D eigenvalue weighted by Crippen LogP contribution is -2.54. The minimum atomic E-state index is -1.06. The summed E-state index contributed by atoms with van der Waals surface area (Å²) >= 11 is 0. The number of pyridine rings is 2. The molecule has 2 aromatic heterocycles. The van der Waals surface area contributed by atoms with E-state index >= 15 is 4.39 Å². The van der Waals surface area contributed by atoms with Crippen LogP contribution in [0.5, 0.6) is 5.88 Å². The van der Waals surface area contributed by atoms with Gasteiger partial charge in [-0.25, -0.2) is 19.2 Å². The third-order valence-electron chi connectivity index (χ3n) is 6.86. The summed E-state index contributed by atoms with van der Waals surface area (Å²) < 4.78 is 21.0. The second-order valence-corrected chi connectivity index (χ2v) is 9.06. The summed E-state index contributed by atoms with van der Waals surface area (Å²) in [6, 6.07) is 3.51. The second kappa shape index (κ2) is 8.28. The smallest absolute Gasteiger partial charge is 0.413 e. The van der Waals surface area contributed by atoms with Gasteiger partial charge in [-0.05, 0) is 56.9 Å². The number of benzene rings is 1. The van der Waals surface area contributed by atoms with E-state index in [0.717, 1.165) is 24.1 Å². The van der Waals surface area contributed by atoms with Crippen molar-refractivity contribution in [1.29, 1.82) is 0 Å². The monoisotopic (exact) mass is 466 g/mol. The zero-order valence-electron chi connectivity index (χ0n) is 19.3. The third-order valence-corrected chi connectivity index (χ3v) is 6.86. The van der Waals surface area contributed by atoms with Gasteiger partial charge in [-0.1, -0.05) is 0 Å². The quantitative estimate of drug-likeness (QED) is 0.498. The maximum atomic E-state index is 15.4. The fourth-order valence-corrected chi connectivity index (χ4v) is 4.74. The molecule has 5 rings (SSSR count). The van der Waals surface area contributed by atoms with Crippen LogP contribution in [0.2, 0.25) is 0 Å². The number of fused-ring (bicyclic) bond motifs is 2. The van der Waals surface area contributed by atoms with Crippen LogP contribution >= 0.6 is 0 Å². The first kappa shape index (κ1) is 22.1. The van der Waals surface area contributed by atoms with Gasteiger partial charge in [0.1, 0.15) is 18.1 Å². The van der Waals surface area contributed by atoms with Gasteiger partial charge in [-0.2, -0.15) is 0 Å². The molecule has 178 valence electrons. The summed E-state index contributed by atoms with van der Waals surface area (Å²) in [7, 11) is 3.97. The lowest BCUT2D eigenvalue weighted by Gasteiger charge is -2.43. The summed E-state index contributed by atoms with van der Waals surface area (Å²) in [5.41, 5.74) is 8.54. The van der Waals surface area contributed by atoms with E-state index in [1.807, 2.05) is 21.0 Å². The summed E-state index contributed by atoms with van der Waals surface area (Å²) in [6.07, 6.45) is 3.41. The van der Waals surface area contributed by atoms with Crippen molar-refractivity contribution < 1.29 is 19.0 Å². The number of rotatable bonds is 4. The molecule has 0 atom stereocenters. The van der Waals surface area contributed by atoms with Gasteiger partial charge in [0.05, 0.1) is 5.69 Å². The fourth-order valence-electron chi connectivity index (χ4n) is 4.74. The first-order chi connectivity index (χ1) is 16.3. The summed E-state index contributed by atoms with van der Waals surface area (Å²) in [6.45, 7) is 3.03. The van der Waals surface area contributed by atoms with E-state index in [9.17, 15) is 9.90 Å². The van der Waals surface area contributed by atoms with Gasteiger partial charge < -0.3 is 25.8 Å². The molecule has 3 aromatic rings. The van der Waals surface area contributed by atoms with Crippen LogP contribution in [0.1, 0.15) is 18.4 Å². The van der Waals surface area contributed by atoms with Crippen molar-refractivity contribution >= 4 is 34.1 Å². The van der Waals surface area contributed by atoms with Gasteiger partial charge in [0.2, 0.25) is 5.88 Å². The second-order valence-electron chi connectivity index (χ2n) is 9.06. The van der Waals surface area contributed by atoms with Crippen molar-refractivity contribution in [3.05, 3.63) is 35.9 Å². The van der Waals surface area contributed by atoms with Crippen LogP contribution < -0.4 is 20.7 Å². The predicted molar refractivity (Wildman–Crippen MR) is 129 cm³/mol. The Morgan fingerprint density at radius 3 is 2.68 bits per heavy atom. The molecule has 9 nitrogen and oxygen atoms in total. The van der Waals surface area contributed by atoms with Crippen molar-refractivity contribution in [2.75, 3.05) is 43.2 Å². The molecular formula is C24H27FN6O3. The standard InChI is InChI=1S/C24H27FN6O3/c1-12-17(10-29-23-22(12)27-4-5-34-23)16-6-13-7-19(28-11-18(13)21(26)20(16)25)31(24(32)33)15-8-14(9-15)30(2)3/h6-7,10-11,14-15,27H,4-5,8-9,26H2,1-3H3,(H,32,33)/t14-,15-. The third kappa shape index (κ3) is 3.54. The SMILES string of the molecule is Cc1c(-c2cc3cc(N(C(=O)O)[C@H]4C[C@H](N(C)C)C4)ncc3c(N)c2F)cnc2c1NCCO2. The normalized spacial score (nSPS) is 19.2. The Bertz CT molecular complexity index is 1290. The topological polar surface area (TPSA) is 117 Å². The van der Waals surface area contributed by atoms with Crippen molar-refractivity contribution in [1.82, 2.24) is 14.9 Å². The van der Waals surface area contributed by atoms with Crippen molar-refractivity contribution in [3.8, 4) is 17.0 Å². The molecule has 0 radical (unpaired) electrons. The fraction of sp³-hybridized carbons (Fsp3) is 0.375. The van der Waals surface area contributed by atoms with E-state index in [-0.39, 0.29) is 11.7 Å². The molecule has 1 amide bonds. The lowest BCUT2D eigenvalue weighted by molar-refractivity contribution is 0.150. The number of carboxylic acid groups (broad SMARTS) is 1. The van der Waals surface area contributed by atoms with Crippen LogP contribution in [0, 0.1) is 12.7 Å². The van der Waals surface area contributed by atoms with Crippen molar-refractivity contribution in [2.24, 2.45) is 0 Å². The molecule has 1 aliphatic heterocycles. The zero-order valence-corrected chi connectivity index (χ0v) is 19.3. The number of carbonyl (C=O) groups is 1. The molecule has 10 heteroatoms. The first-order valence-corrected chi connectivity index (χ1v) is 11.2. The molecule has 0 saturated heterocycles. The highest BCUT2D eigenvalue weighted by molar-refractivity contribution is 5.99. The van der Waals surface area contributed by atoms with Crippen LogP contribution in [0.4, 0.5) is 26.4 Å². The van der Waals surface area contributed by atoms with Crippen molar-refractivity contribution in [3.63, 3.8) is 0 Å². The molecule has 1 aliphatic carbocycles. The van der Waals surface area contributed by atoms with Gasteiger partial charge in [-0.3, -0.25) is 4.90 Å². The molecule has 1 fully saturated rings. The number of nitrogens with one attached hydrogen (secondary N) is 1. The maximum absolute atomic E-state index is 15.4. The Hall–Kier alpha value is -3.66. The van der Waals surface area contributed by atoms with E-state index in [2.05, 4.69) is 20.2 Å². The number of aromatic nitrogens is 2. The number of halogens is 1. The molecule has 0 unspecified atom stereocenters. The molecule has 1 saturated carbocycles. The summed E-state index contributed by atoms with van der Waals surface area (Å²) in [5, 5.41) is 14.2. The van der Waals surface area contributed by atoms with Crippen molar-refractivity contribution in [2.45, 2.75) is 31.8 Å². The largest absolute Gasteiger partial charge is 0.474 e. The highest BCUT2D eigenvalue weighted by Gasteiger charge is 2.38. The highest BCUT2D eigenvalue weighted by atomic mass is 19.1. The van der Waals surface area contributed by atoms with E-state index in [4.69, 9.17) is 10.5 Å². The number of ether oxygens (including phenoxy) is 1. The number of anilines is 3. The number of nitrogens with two attached hydrogens (primary N) is 1. The summed E-state index contributed by atoms with van der Waals surface area (Å²) in [4.78, 5) is 24.2. The van der Waals surface area contributed by atoms with Gasteiger partial charge >= 0.3 is 6.09 Å². The molecule has 4 N–H and O–H groups in total. The Morgan fingerprint density at radius 1 is 1.21 bits per heavy atom. The molecule has 3 heterocycles. The van der Waals surface area contributed by atoms with Gasteiger partial charge in [-0.15, -0.1) is 0 Å². The number of hydrogen-bond donors (Lipinski definition) is 3. The molecule has 0 spiro atoms. The number of amides is 1. The Labute approximate surface area is 196 Å². The van der Waals surface area contributed by atoms with E-state index < -0.39 is 11.9 Å². The summed E-state index contributed by atoms with van der Waals surface area (Å²) in [5.74, 6) is 0.225. The number of hydrogen-bond acceptors (Lipinski definition) is 7. The van der Waals surface area contributed by atoms with Crippen LogP contribution in [-0.2, 0) is 0 Å². The average Bonchev–Trinajstić information content (AvgIpc) is 2.78. The Balaban J connectivity index is 1.58. The van der Waals surface area contributed by atoms with Crippen LogP contribution in [0.3, 0.4) is 0 Å². The van der Waals surface area contributed by atoms with Crippen LogP contribution in [0.15, 0.2) is 24.5 Å². The molecular weight excluding hydrogens is 439 g/mol. The number of nitrogen functional groups attached to an aromatic ring is 1. The molecule has 0 bridgehead atoms. The van der Waals surface area contributed by atoms with Gasteiger partial charge in [0.25, 0.3) is 0 Å². The highest BCUT2D eigenvalue weighted by Crippen LogP contribution is 2.40. The average molecular weight is 467 g/mol. The maximum Gasteiger partial charge on any atom is 0.413 e. The molecule has 1 aromatic carbocycles. The van der Waals surface area contributed by atoms with Crippen LogP contribution in [-0.4, -0.2) is 65.4 Å². The minimum Gasteiger partial charge on any atom is -0.474 e. The Morgan fingerprint density at radius 2 is 1.97 bits per heavy atom. The molecule has 34 heavy (non-hydrogen) atoms.